The largest absolute Gasteiger partial charge is 0.496 e. The van der Waals surface area contributed by atoms with Crippen LogP contribution in [-0.2, 0) is 4.79 Å². The second kappa shape index (κ2) is 7.46. The van der Waals surface area contributed by atoms with Crippen molar-refractivity contribution in [1.29, 1.82) is 0 Å². The van der Waals surface area contributed by atoms with E-state index in [2.05, 4.69) is 0 Å². The zero-order chi connectivity index (χ0) is 15.9. The molecule has 2 aromatic carbocycles. The summed E-state index contributed by atoms with van der Waals surface area (Å²) in [5.74, 6) is 0.715. The van der Waals surface area contributed by atoms with Crippen LogP contribution >= 0.6 is 0 Å². The van der Waals surface area contributed by atoms with Crippen LogP contribution in [0.5, 0.6) is 5.75 Å². The number of amides is 1. The van der Waals surface area contributed by atoms with E-state index in [9.17, 15) is 4.79 Å². The molecule has 2 aromatic rings. The maximum Gasteiger partial charge on any atom is 0.246 e. The van der Waals surface area contributed by atoms with E-state index in [4.69, 9.17) is 4.74 Å². The van der Waals surface area contributed by atoms with Crippen LogP contribution in [0.25, 0.3) is 6.08 Å². The van der Waals surface area contributed by atoms with E-state index in [0.29, 0.717) is 0 Å². The van der Waals surface area contributed by atoms with E-state index < -0.39 is 0 Å². The SMILES string of the molecule is COc1ccccc1C=CC(=O)N(C)C(C)c1ccccc1. The molecule has 114 valence electrons. The number of hydrogen-bond acceptors (Lipinski definition) is 2. The van der Waals surface area contributed by atoms with Gasteiger partial charge in [-0.3, -0.25) is 4.79 Å². The van der Waals surface area contributed by atoms with Gasteiger partial charge in [-0.1, -0.05) is 48.5 Å². The van der Waals surface area contributed by atoms with Gasteiger partial charge in [-0.15, -0.1) is 0 Å². The maximum absolute atomic E-state index is 12.3. The van der Waals surface area contributed by atoms with Crippen molar-refractivity contribution < 1.29 is 9.53 Å². The average molecular weight is 295 g/mol. The van der Waals surface area contributed by atoms with E-state index in [-0.39, 0.29) is 11.9 Å². The second-order valence-electron chi connectivity index (χ2n) is 5.11. The Labute approximate surface area is 131 Å². The van der Waals surface area contributed by atoms with Crippen molar-refractivity contribution in [2.75, 3.05) is 14.2 Å². The fourth-order valence-corrected chi connectivity index (χ4v) is 2.23. The molecule has 1 atom stereocenters. The van der Waals surface area contributed by atoms with Gasteiger partial charge in [-0.2, -0.15) is 0 Å². The molecule has 0 saturated heterocycles. The highest BCUT2D eigenvalue weighted by atomic mass is 16.5. The minimum Gasteiger partial charge on any atom is -0.496 e. The predicted octanol–water partition coefficient (Wildman–Crippen LogP) is 3.93. The minimum atomic E-state index is -0.0396. The van der Waals surface area contributed by atoms with E-state index in [1.165, 1.54) is 0 Å². The van der Waals surface area contributed by atoms with Crippen molar-refractivity contribution in [3.8, 4) is 5.75 Å². The molecular formula is C19H21NO2. The Morgan fingerprint density at radius 2 is 1.73 bits per heavy atom. The average Bonchev–Trinajstić information content (AvgIpc) is 2.59. The molecule has 0 N–H and O–H groups in total. The third-order valence-electron chi connectivity index (χ3n) is 3.75. The van der Waals surface area contributed by atoms with Gasteiger partial charge in [0, 0.05) is 18.7 Å². The van der Waals surface area contributed by atoms with Crippen molar-refractivity contribution in [2.24, 2.45) is 0 Å². The molecule has 2 rings (SSSR count). The monoisotopic (exact) mass is 295 g/mol. The molecule has 3 heteroatoms. The molecule has 0 saturated carbocycles. The first kappa shape index (κ1) is 15.8. The van der Waals surface area contributed by atoms with Crippen LogP contribution < -0.4 is 4.74 Å². The van der Waals surface area contributed by atoms with Crippen LogP contribution in [0, 0.1) is 0 Å². The summed E-state index contributed by atoms with van der Waals surface area (Å²) in [6.45, 7) is 2.02. The molecule has 0 fully saturated rings. The van der Waals surface area contributed by atoms with E-state index in [1.54, 1.807) is 24.2 Å². The maximum atomic E-state index is 12.3. The Kier molecular flexibility index (Phi) is 5.37. The molecular weight excluding hydrogens is 274 g/mol. The lowest BCUT2D eigenvalue weighted by molar-refractivity contribution is -0.126. The molecule has 0 spiro atoms. The Hall–Kier alpha value is -2.55. The first-order valence-electron chi connectivity index (χ1n) is 7.26. The lowest BCUT2D eigenvalue weighted by Crippen LogP contribution is -2.27. The number of carbonyl (C=O) groups excluding carboxylic acids is 1. The molecule has 1 unspecified atom stereocenters. The van der Waals surface area contributed by atoms with Gasteiger partial charge in [0.05, 0.1) is 13.2 Å². The molecule has 0 aliphatic rings. The highest BCUT2D eigenvalue weighted by Crippen LogP contribution is 2.21. The first-order chi connectivity index (χ1) is 10.6. The van der Waals surface area contributed by atoms with Gasteiger partial charge in [0.15, 0.2) is 0 Å². The lowest BCUT2D eigenvalue weighted by atomic mass is 10.1. The third-order valence-corrected chi connectivity index (χ3v) is 3.75. The summed E-state index contributed by atoms with van der Waals surface area (Å²) in [5, 5.41) is 0. The first-order valence-corrected chi connectivity index (χ1v) is 7.26. The van der Waals surface area contributed by atoms with Crippen LogP contribution in [0.15, 0.2) is 60.7 Å². The van der Waals surface area contributed by atoms with Gasteiger partial charge in [0.25, 0.3) is 0 Å². The number of ether oxygens (including phenoxy) is 1. The molecule has 3 nitrogen and oxygen atoms in total. The summed E-state index contributed by atoms with van der Waals surface area (Å²) in [5.41, 5.74) is 2.00. The summed E-state index contributed by atoms with van der Waals surface area (Å²) in [6.07, 6.45) is 3.37. The number of hydrogen-bond donors (Lipinski definition) is 0. The Bertz CT molecular complexity index is 649. The Balaban J connectivity index is 2.09. The normalized spacial score (nSPS) is 12.1. The number of carbonyl (C=O) groups is 1. The van der Waals surface area contributed by atoms with E-state index in [0.717, 1.165) is 16.9 Å². The smallest absolute Gasteiger partial charge is 0.246 e. The van der Waals surface area contributed by atoms with Crippen molar-refractivity contribution in [3.05, 3.63) is 71.8 Å². The van der Waals surface area contributed by atoms with Crippen LogP contribution in [0.2, 0.25) is 0 Å². The van der Waals surface area contributed by atoms with Crippen molar-refractivity contribution in [3.63, 3.8) is 0 Å². The van der Waals surface area contributed by atoms with E-state index >= 15 is 0 Å². The fraction of sp³-hybridized carbons (Fsp3) is 0.211. The quantitative estimate of drug-likeness (QED) is 0.782. The summed E-state index contributed by atoms with van der Waals surface area (Å²) >= 11 is 0. The Morgan fingerprint density at radius 1 is 1.09 bits per heavy atom. The predicted molar refractivity (Wildman–Crippen MR) is 89.7 cm³/mol. The van der Waals surface area contributed by atoms with Gasteiger partial charge in [-0.05, 0) is 24.6 Å². The van der Waals surface area contributed by atoms with Gasteiger partial charge in [0.1, 0.15) is 5.75 Å². The zero-order valence-electron chi connectivity index (χ0n) is 13.2. The number of benzene rings is 2. The van der Waals surface area contributed by atoms with Crippen LogP contribution in [0.1, 0.15) is 24.1 Å². The van der Waals surface area contributed by atoms with Gasteiger partial charge >= 0.3 is 0 Å². The molecule has 0 aromatic heterocycles. The minimum absolute atomic E-state index is 0.0241. The standard InChI is InChI=1S/C19H21NO2/c1-15(16-9-5-4-6-10-16)20(2)19(21)14-13-17-11-7-8-12-18(17)22-3/h4-15H,1-3H3. The molecule has 0 radical (unpaired) electrons. The van der Waals surface area contributed by atoms with Gasteiger partial charge < -0.3 is 9.64 Å². The van der Waals surface area contributed by atoms with Crippen molar-refractivity contribution in [1.82, 2.24) is 4.90 Å². The molecule has 1 amide bonds. The zero-order valence-corrected chi connectivity index (χ0v) is 13.2. The lowest BCUT2D eigenvalue weighted by Gasteiger charge is -2.24. The molecule has 0 heterocycles. The Morgan fingerprint density at radius 3 is 2.41 bits per heavy atom. The molecule has 0 aliphatic carbocycles. The second-order valence-corrected chi connectivity index (χ2v) is 5.11. The van der Waals surface area contributed by atoms with Gasteiger partial charge in [0.2, 0.25) is 5.91 Å². The molecule has 22 heavy (non-hydrogen) atoms. The topological polar surface area (TPSA) is 29.5 Å². The number of likely N-dealkylation sites (N-methyl/N-ethyl adjacent to an activating group) is 1. The third kappa shape index (κ3) is 3.76. The summed E-state index contributed by atoms with van der Waals surface area (Å²) in [7, 11) is 3.44. The molecule has 0 bridgehead atoms. The number of para-hydroxylation sites is 1. The summed E-state index contributed by atoms with van der Waals surface area (Å²) in [6, 6.07) is 17.6. The number of nitrogens with zero attached hydrogens (tertiary/aromatic N) is 1. The molecule has 0 aliphatic heterocycles. The summed E-state index contributed by atoms with van der Waals surface area (Å²) in [4.78, 5) is 14.1. The van der Waals surface area contributed by atoms with Crippen LogP contribution in [-0.4, -0.2) is 25.0 Å². The highest BCUT2D eigenvalue weighted by molar-refractivity contribution is 5.92. The van der Waals surface area contributed by atoms with E-state index in [1.807, 2.05) is 68.6 Å². The van der Waals surface area contributed by atoms with Crippen LogP contribution in [0.4, 0.5) is 0 Å². The van der Waals surface area contributed by atoms with Crippen molar-refractivity contribution in [2.45, 2.75) is 13.0 Å². The highest BCUT2D eigenvalue weighted by Gasteiger charge is 2.14. The number of methoxy groups -OCH3 is 1. The summed E-state index contributed by atoms with van der Waals surface area (Å²) < 4.78 is 5.28. The van der Waals surface area contributed by atoms with Crippen molar-refractivity contribution >= 4 is 12.0 Å². The van der Waals surface area contributed by atoms with Crippen LogP contribution in [0.3, 0.4) is 0 Å². The number of rotatable bonds is 5. The fourth-order valence-electron chi connectivity index (χ4n) is 2.23. The van der Waals surface area contributed by atoms with Gasteiger partial charge in [-0.25, -0.2) is 0 Å².